The SMILES string of the molecule is COc1ccc(Cl)cc1N(CCNC(=O)c1ccc2c(c1)OCO2)C(C)=O. The van der Waals surface area contributed by atoms with E-state index in [0.29, 0.717) is 33.5 Å². The first-order chi connectivity index (χ1) is 13.0. The standard InChI is InChI=1S/C19H19ClN2O5/c1-12(23)22(15-10-14(20)4-6-16(15)25-2)8-7-21-19(24)13-3-5-17-18(9-13)27-11-26-17/h3-6,9-10H,7-8,11H2,1-2H3,(H,21,24). The van der Waals surface area contributed by atoms with Gasteiger partial charge in [0.1, 0.15) is 5.75 Å². The molecule has 0 unspecified atom stereocenters. The molecule has 0 aromatic heterocycles. The van der Waals surface area contributed by atoms with E-state index in [1.165, 1.54) is 18.9 Å². The molecule has 7 nitrogen and oxygen atoms in total. The largest absolute Gasteiger partial charge is 0.495 e. The fourth-order valence-corrected chi connectivity index (χ4v) is 2.91. The molecule has 8 heteroatoms. The number of halogens is 1. The lowest BCUT2D eigenvalue weighted by atomic mass is 10.2. The zero-order valence-electron chi connectivity index (χ0n) is 15.0. The van der Waals surface area contributed by atoms with E-state index in [2.05, 4.69) is 5.32 Å². The van der Waals surface area contributed by atoms with Crippen LogP contribution >= 0.6 is 11.6 Å². The Morgan fingerprint density at radius 2 is 1.96 bits per heavy atom. The van der Waals surface area contributed by atoms with E-state index in [1.807, 2.05) is 0 Å². The van der Waals surface area contributed by atoms with E-state index >= 15 is 0 Å². The van der Waals surface area contributed by atoms with Crippen LogP contribution in [0, 0.1) is 0 Å². The van der Waals surface area contributed by atoms with E-state index in [4.69, 9.17) is 25.8 Å². The van der Waals surface area contributed by atoms with E-state index < -0.39 is 0 Å². The van der Waals surface area contributed by atoms with Gasteiger partial charge in [0.2, 0.25) is 12.7 Å². The summed E-state index contributed by atoms with van der Waals surface area (Å²) in [4.78, 5) is 25.9. The van der Waals surface area contributed by atoms with Crippen molar-refractivity contribution >= 4 is 29.1 Å². The Labute approximate surface area is 161 Å². The number of hydrogen-bond acceptors (Lipinski definition) is 5. The summed E-state index contributed by atoms with van der Waals surface area (Å²) >= 11 is 6.05. The maximum absolute atomic E-state index is 12.4. The Kier molecular flexibility index (Phi) is 5.71. The molecule has 27 heavy (non-hydrogen) atoms. The Morgan fingerprint density at radius 3 is 2.70 bits per heavy atom. The number of nitrogens with one attached hydrogen (secondary N) is 1. The lowest BCUT2D eigenvalue weighted by Crippen LogP contribution is -2.37. The average Bonchev–Trinajstić information content (AvgIpc) is 3.12. The second kappa shape index (κ2) is 8.18. The van der Waals surface area contributed by atoms with Gasteiger partial charge in [-0.2, -0.15) is 0 Å². The van der Waals surface area contributed by atoms with Gasteiger partial charge in [-0.05, 0) is 36.4 Å². The molecule has 0 spiro atoms. The quantitative estimate of drug-likeness (QED) is 0.820. The number of carbonyl (C=O) groups is 2. The first kappa shape index (κ1) is 18.8. The van der Waals surface area contributed by atoms with Gasteiger partial charge < -0.3 is 24.4 Å². The van der Waals surface area contributed by atoms with E-state index in [-0.39, 0.29) is 31.7 Å². The van der Waals surface area contributed by atoms with Crippen molar-refractivity contribution in [3.05, 3.63) is 47.0 Å². The molecule has 1 heterocycles. The normalized spacial score (nSPS) is 11.8. The number of amides is 2. The summed E-state index contributed by atoms with van der Waals surface area (Å²) in [5, 5.41) is 3.28. The highest BCUT2D eigenvalue weighted by molar-refractivity contribution is 6.31. The number of carbonyl (C=O) groups excluding carboxylic acids is 2. The molecular weight excluding hydrogens is 372 g/mol. The van der Waals surface area contributed by atoms with Crippen molar-refractivity contribution in [1.29, 1.82) is 0 Å². The number of nitrogens with zero attached hydrogens (tertiary/aromatic N) is 1. The highest BCUT2D eigenvalue weighted by Crippen LogP contribution is 2.33. The summed E-state index contributed by atoms with van der Waals surface area (Å²) in [5.74, 6) is 1.22. The fourth-order valence-electron chi connectivity index (χ4n) is 2.74. The predicted molar refractivity (Wildman–Crippen MR) is 101 cm³/mol. The molecule has 2 amide bonds. The minimum atomic E-state index is -0.269. The Morgan fingerprint density at radius 1 is 1.19 bits per heavy atom. The Hall–Kier alpha value is -2.93. The van der Waals surface area contributed by atoms with Gasteiger partial charge >= 0.3 is 0 Å². The number of rotatable bonds is 6. The molecule has 0 atom stereocenters. The third kappa shape index (κ3) is 4.25. The summed E-state index contributed by atoms with van der Waals surface area (Å²) < 4.78 is 15.8. The monoisotopic (exact) mass is 390 g/mol. The van der Waals surface area contributed by atoms with Crippen LogP contribution in [0.2, 0.25) is 5.02 Å². The fraction of sp³-hybridized carbons (Fsp3) is 0.263. The number of anilines is 1. The molecule has 0 radical (unpaired) electrons. The molecule has 3 rings (SSSR count). The van der Waals surface area contributed by atoms with Crippen LogP contribution in [-0.4, -0.2) is 38.8 Å². The van der Waals surface area contributed by atoms with Gasteiger partial charge in [-0.25, -0.2) is 0 Å². The molecule has 1 N–H and O–H groups in total. The zero-order chi connectivity index (χ0) is 19.4. The van der Waals surface area contributed by atoms with Gasteiger partial charge in [-0.15, -0.1) is 0 Å². The maximum Gasteiger partial charge on any atom is 0.251 e. The molecule has 0 fully saturated rings. The van der Waals surface area contributed by atoms with Gasteiger partial charge in [-0.3, -0.25) is 9.59 Å². The van der Waals surface area contributed by atoms with Crippen molar-refractivity contribution < 1.29 is 23.8 Å². The summed E-state index contributed by atoms with van der Waals surface area (Å²) in [6, 6.07) is 10.0. The zero-order valence-corrected chi connectivity index (χ0v) is 15.7. The molecule has 0 saturated carbocycles. The molecule has 1 aliphatic heterocycles. The minimum Gasteiger partial charge on any atom is -0.495 e. The first-order valence-electron chi connectivity index (χ1n) is 8.29. The molecule has 2 aromatic rings. The van der Waals surface area contributed by atoms with Crippen LogP contribution in [0.4, 0.5) is 5.69 Å². The number of fused-ring (bicyclic) bond motifs is 1. The van der Waals surface area contributed by atoms with Gasteiger partial charge in [0.05, 0.1) is 12.8 Å². The molecule has 0 bridgehead atoms. The van der Waals surface area contributed by atoms with Gasteiger partial charge in [0.15, 0.2) is 11.5 Å². The van der Waals surface area contributed by atoms with Crippen molar-refractivity contribution in [3.63, 3.8) is 0 Å². The van der Waals surface area contributed by atoms with Crippen LogP contribution in [-0.2, 0) is 4.79 Å². The third-order valence-electron chi connectivity index (χ3n) is 4.07. The molecule has 0 saturated heterocycles. The summed E-state index contributed by atoms with van der Waals surface area (Å²) in [5.41, 5.74) is 1.00. The maximum atomic E-state index is 12.4. The molecule has 2 aromatic carbocycles. The van der Waals surface area contributed by atoms with Gasteiger partial charge in [-0.1, -0.05) is 11.6 Å². The Bertz CT molecular complexity index is 871. The van der Waals surface area contributed by atoms with Crippen LogP contribution in [0.5, 0.6) is 17.2 Å². The van der Waals surface area contributed by atoms with Crippen LogP contribution in [0.1, 0.15) is 17.3 Å². The number of ether oxygens (including phenoxy) is 3. The van der Waals surface area contributed by atoms with Gasteiger partial charge in [0, 0.05) is 30.6 Å². The van der Waals surface area contributed by atoms with Crippen molar-refractivity contribution in [2.24, 2.45) is 0 Å². The topological polar surface area (TPSA) is 77.1 Å². The Balaban J connectivity index is 1.66. The van der Waals surface area contributed by atoms with Crippen molar-refractivity contribution in [1.82, 2.24) is 5.32 Å². The first-order valence-corrected chi connectivity index (χ1v) is 8.67. The smallest absolute Gasteiger partial charge is 0.251 e. The predicted octanol–water partition coefficient (Wildman–Crippen LogP) is 2.86. The van der Waals surface area contributed by atoms with Crippen LogP contribution in [0.25, 0.3) is 0 Å². The number of hydrogen-bond donors (Lipinski definition) is 1. The number of methoxy groups -OCH3 is 1. The van der Waals surface area contributed by atoms with Crippen molar-refractivity contribution in [2.45, 2.75) is 6.92 Å². The third-order valence-corrected chi connectivity index (χ3v) is 4.30. The second-order valence-corrected chi connectivity index (χ2v) is 6.25. The highest BCUT2D eigenvalue weighted by atomic mass is 35.5. The average molecular weight is 391 g/mol. The molecular formula is C19H19ClN2O5. The summed E-state index contributed by atoms with van der Waals surface area (Å²) in [6.07, 6.45) is 0. The van der Waals surface area contributed by atoms with E-state index in [0.717, 1.165) is 0 Å². The van der Waals surface area contributed by atoms with Gasteiger partial charge in [0.25, 0.3) is 5.91 Å². The van der Waals surface area contributed by atoms with E-state index in [1.54, 1.807) is 36.4 Å². The molecule has 1 aliphatic rings. The minimum absolute atomic E-state index is 0.148. The van der Waals surface area contributed by atoms with Crippen molar-refractivity contribution in [2.75, 3.05) is 31.9 Å². The number of benzene rings is 2. The second-order valence-electron chi connectivity index (χ2n) is 5.81. The van der Waals surface area contributed by atoms with Crippen LogP contribution in [0.15, 0.2) is 36.4 Å². The highest BCUT2D eigenvalue weighted by Gasteiger charge is 2.18. The lowest BCUT2D eigenvalue weighted by Gasteiger charge is -2.23. The van der Waals surface area contributed by atoms with Crippen LogP contribution in [0.3, 0.4) is 0 Å². The lowest BCUT2D eigenvalue weighted by molar-refractivity contribution is -0.116. The van der Waals surface area contributed by atoms with Crippen molar-refractivity contribution in [3.8, 4) is 17.2 Å². The molecule has 0 aliphatic carbocycles. The van der Waals surface area contributed by atoms with E-state index in [9.17, 15) is 9.59 Å². The summed E-state index contributed by atoms with van der Waals surface area (Å²) in [7, 11) is 1.52. The molecule has 142 valence electrons. The summed E-state index contributed by atoms with van der Waals surface area (Å²) in [6.45, 7) is 2.11. The van der Waals surface area contributed by atoms with Crippen LogP contribution < -0.4 is 24.4 Å².